The van der Waals surface area contributed by atoms with Crippen molar-refractivity contribution in [1.82, 2.24) is 0 Å². The van der Waals surface area contributed by atoms with Crippen LogP contribution in [-0.4, -0.2) is 16.0 Å². The zero-order chi connectivity index (χ0) is 14.7. The number of carbonyl (C=O) groups is 1. The van der Waals surface area contributed by atoms with Crippen LogP contribution in [0.2, 0.25) is 0 Å². The Morgan fingerprint density at radius 3 is 2.55 bits per heavy atom. The van der Waals surface area contributed by atoms with E-state index in [1.54, 1.807) is 18.2 Å². The van der Waals surface area contributed by atoms with Crippen molar-refractivity contribution in [2.24, 2.45) is 0 Å². The quantitative estimate of drug-likeness (QED) is 0.510. The van der Waals surface area contributed by atoms with Crippen molar-refractivity contribution >= 4 is 11.9 Å². The average molecular weight is 272 g/mol. The van der Waals surface area contributed by atoms with E-state index < -0.39 is 11.6 Å². The Morgan fingerprint density at radius 2 is 1.85 bits per heavy atom. The van der Waals surface area contributed by atoms with Crippen molar-refractivity contribution in [2.75, 3.05) is 0 Å². The van der Waals surface area contributed by atoms with E-state index in [2.05, 4.69) is 0 Å². The molecule has 0 amide bonds. The lowest BCUT2D eigenvalue weighted by Gasteiger charge is -2.05. The number of halogens is 1. The van der Waals surface area contributed by atoms with Crippen molar-refractivity contribution in [2.45, 2.75) is 6.92 Å². The molecule has 0 radical (unpaired) electrons. The van der Waals surface area contributed by atoms with Crippen molar-refractivity contribution in [1.29, 1.82) is 0 Å². The molecule has 0 spiro atoms. The molecule has 0 aliphatic rings. The molecule has 0 saturated heterocycles. The predicted molar refractivity (Wildman–Crippen MR) is 74.2 cm³/mol. The van der Waals surface area contributed by atoms with Crippen LogP contribution in [0.4, 0.5) is 4.39 Å². The molecule has 0 aliphatic heterocycles. The average Bonchev–Trinajstić information content (AvgIpc) is 2.43. The van der Waals surface area contributed by atoms with E-state index in [1.165, 1.54) is 37.3 Å². The molecule has 2 aromatic carbocycles. The largest absolute Gasteiger partial charge is 0.508 e. The van der Waals surface area contributed by atoms with Crippen LogP contribution in [-0.2, 0) is 0 Å². The van der Waals surface area contributed by atoms with Crippen LogP contribution in [0.3, 0.4) is 0 Å². The summed E-state index contributed by atoms with van der Waals surface area (Å²) >= 11 is 0. The summed E-state index contributed by atoms with van der Waals surface area (Å²) < 4.78 is 13.5. The first kappa shape index (κ1) is 13.8. The van der Waals surface area contributed by atoms with Crippen molar-refractivity contribution in [3.63, 3.8) is 0 Å². The van der Waals surface area contributed by atoms with Crippen LogP contribution >= 0.6 is 0 Å². The Kier molecular flexibility index (Phi) is 3.84. The summed E-state index contributed by atoms with van der Waals surface area (Å²) in [4.78, 5) is 12.2. The Morgan fingerprint density at radius 1 is 1.15 bits per heavy atom. The molecule has 0 aromatic heterocycles. The molecule has 0 saturated carbocycles. The van der Waals surface area contributed by atoms with E-state index in [1.807, 2.05) is 0 Å². The third-order valence-corrected chi connectivity index (χ3v) is 2.86. The highest BCUT2D eigenvalue weighted by Crippen LogP contribution is 2.25. The van der Waals surface area contributed by atoms with Crippen molar-refractivity contribution in [3.05, 3.63) is 65.0 Å². The highest BCUT2D eigenvalue weighted by molar-refractivity contribution is 6.12. The lowest BCUT2D eigenvalue weighted by Crippen LogP contribution is -2.01. The monoisotopic (exact) mass is 272 g/mol. The van der Waals surface area contributed by atoms with Gasteiger partial charge in [0.05, 0.1) is 5.56 Å². The fourth-order valence-corrected chi connectivity index (χ4v) is 1.81. The normalized spacial score (nSPS) is 11.4. The van der Waals surface area contributed by atoms with Gasteiger partial charge in [0.25, 0.3) is 0 Å². The molecule has 0 atom stereocenters. The molecular formula is C16H13FO3. The maximum Gasteiger partial charge on any atom is 0.192 e. The second kappa shape index (κ2) is 5.57. The van der Waals surface area contributed by atoms with E-state index in [-0.39, 0.29) is 28.2 Å². The van der Waals surface area contributed by atoms with Crippen molar-refractivity contribution in [3.8, 4) is 11.5 Å². The molecule has 0 unspecified atom stereocenters. The van der Waals surface area contributed by atoms with Gasteiger partial charge < -0.3 is 10.2 Å². The van der Waals surface area contributed by atoms with E-state index in [9.17, 15) is 19.4 Å². The third kappa shape index (κ3) is 2.85. The van der Waals surface area contributed by atoms with Gasteiger partial charge in [0.2, 0.25) is 0 Å². The zero-order valence-corrected chi connectivity index (χ0v) is 10.8. The first-order valence-corrected chi connectivity index (χ1v) is 5.98. The SMILES string of the molecule is C/C(=C\c1ccccc1F)C(=O)c1cc(O)ccc1O. The number of carbonyl (C=O) groups excluding carboxylic acids is 1. The Hall–Kier alpha value is -2.62. The van der Waals surface area contributed by atoms with Gasteiger partial charge in [-0.05, 0) is 42.8 Å². The lowest BCUT2D eigenvalue weighted by molar-refractivity contribution is 0.103. The standard InChI is InChI=1S/C16H13FO3/c1-10(8-11-4-2-3-5-14(11)17)16(20)13-9-12(18)6-7-15(13)19/h2-9,18-19H,1H3/b10-8+. The number of allylic oxidation sites excluding steroid dienone is 1. The van der Waals surface area contributed by atoms with Gasteiger partial charge in [0, 0.05) is 5.56 Å². The fraction of sp³-hybridized carbons (Fsp3) is 0.0625. The number of Topliss-reactive ketones (excluding diaryl/α,β-unsaturated/α-hetero) is 1. The number of hydrogen-bond donors (Lipinski definition) is 2. The summed E-state index contributed by atoms with van der Waals surface area (Å²) in [5, 5.41) is 19.0. The van der Waals surface area contributed by atoms with Crippen LogP contribution in [0.15, 0.2) is 48.0 Å². The Balaban J connectivity index is 2.38. The van der Waals surface area contributed by atoms with Gasteiger partial charge in [-0.15, -0.1) is 0 Å². The molecule has 4 heteroatoms. The van der Waals surface area contributed by atoms with Gasteiger partial charge in [-0.2, -0.15) is 0 Å². The third-order valence-electron chi connectivity index (χ3n) is 2.86. The second-order valence-electron chi connectivity index (χ2n) is 4.38. The first-order valence-electron chi connectivity index (χ1n) is 5.98. The molecule has 0 fully saturated rings. The number of hydrogen-bond acceptors (Lipinski definition) is 3. The molecule has 0 bridgehead atoms. The van der Waals surface area contributed by atoms with Gasteiger partial charge >= 0.3 is 0 Å². The predicted octanol–water partition coefficient (Wildman–Crippen LogP) is 3.52. The number of rotatable bonds is 3. The van der Waals surface area contributed by atoms with E-state index in [4.69, 9.17) is 0 Å². The molecule has 2 N–H and O–H groups in total. The van der Waals surface area contributed by atoms with Crippen LogP contribution in [0, 0.1) is 5.82 Å². The van der Waals surface area contributed by atoms with E-state index in [0.29, 0.717) is 0 Å². The number of phenolic OH excluding ortho intramolecular Hbond substituents is 2. The molecule has 20 heavy (non-hydrogen) atoms. The van der Waals surface area contributed by atoms with Crippen LogP contribution in [0.25, 0.3) is 6.08 Å². The van der Waals surface area contributed by atoms with Gasteiger partial charge in [0.1, 0.15) is 17.3 Å². The maximum atomic E-state index is 13.5. The summed E-state index contributed by atoms with van der Waals surface area (Å²) in [6, 6.07) is 9.77. The molecule has 3 nitrogen and oxygen atoms in total. The molecule has 2 rings (SSSR count). The summed E-state index contributed by atoms with van der Waals surface area (Å²) in [5.41, 5.74) is 0.532. The maximum absolute atomic E-state index is 13.5. The smallest absolute Gasteiger partial charge is 0.192 e. The minimum Gasteiger partial charge on any atom is -0.508 e. The zero-order valence-electron chi connectivity index (χ0n) is 10.8. The second-order valence-corrected chi connectivity index (χ2v) is 4.38. The van der Waals surface area contributed by atoms with Gasteiger partial charge in [-0.3, -0.25) is 4.79 Å². The molecule has 102 valence electrons. The molecular weight excluding hydrogens is 259 g/mol. The summed E-state index contributed by atoms with van der Waals surface area (Å²) in [6.07, 6.45) is 1.40. The fourth-order valence-electron chi connectivity index (χ4n) is 1.81. The summed E-state index contributed by atoms with van der Waals surface area (Å²) in [5.74, 6) is -1.25. The Bertz CT molecular complexity index is 690. The van der Waals surface area contributed by atoms with E-state index >= 15 is 0 Å². The highest BCUT2D eigenvalue weighted by atomic mass is 19.1. The molecule has 0 aliphatic carbocycles. The first-order chi connectivity index (χ1) is 9.49. The minimum atomic E-state index is -0.471. The van der Waals surface area contributed by atoms with Gasteiger partial charge in [-0.25, -0.2) is 4.39 Å². The number of ketones is 1. The van der Waals surface area contributed by atoms with Crippen LogP contribution < -0.4 is 0 Å². The van der Waals surface area contributed by atoms with Gasteiger partial charge in [0.15, 0.2) is 5.78 Å². The van der Waals surface area contributed by atoms with Crippen LogP contribution in [0.5, 0.6) is 11.5 Å². The molecule has 2 aromatic rings. The van der Waals surface area contributed by atoms with Crippen molar-refractivity contribution < 1.29 is 19.4 Å². The Labute approximate surface area is 115 Å². The summed E-state index contributed by atoms with van der Waals surface area (Å²) in [6.45, 7) is 1.53. The number of phenols is 2. The van der Waals surface area contributed by atoms with Gasteiger partial charge in [-0.1, -0.05) is 18.2 Å². The molecule has 0 heterocycles. The number of benzene rings is 2. The highest BCUT2D eigenvalue weighted by Gasteiger charge is 2.14. The van der Waals surface area contributed by atoms with Crippen LogP contribution in [0.1, 0.15) is 22.8 Å². The summed E-state index contributed by atoms with van der Waals surface area (Å²) in [7, 11) is 0. The number of aromatic hydroxyl groups is 2. The minimum absolute atomic E-state index is 0.0184. The lowest BCUT2D eigenvalue weighted by atomic mass is 10.0. The topological polar surface area (TPSA) is 57.5 Å². The van der Waals surface area contributed by atoms with E-state index in [0.717, 1.165) is 0 Å².